The van der Waals surface area contributed by atoms with Crippen LogP contribution in [0.1, 0.15) is 24.0 Å². The lowest BCUT2D eigenvalue weighted by molar-refractivity contribution is 0.0624. The zero-order chi connectivity index (χ0) is 19.2. The normalized spacial score (nSPS) is 14.9. The van der Waals surface area contributed by atoms with Crippen LogP contribution in [0.2, 0.25) is 0 Å². The van der Waals surface area contributed by atoms with E-state index in [1.807, 2.05) is 49.4 Å². The van der Waals surface area contributed by atoms with Crippen molar-refractivity contribution in [1.29, 1.82) is 0 Å². The zero-order valence-electron chi connectivity index (χ0n) is 16.4. The molecule has 0 bridgehead atoms. The summed E-state index contributed by atoms with van der Waals surface area (Å²) in [6.45, 7) is 3.62. The van der Waals surface area contributed by atoms with E-state index in [0.29, 0.717) is 12.6 Å². The smallest absolute Gasteiger partial charge is 0.122 e. The number of methoxy groups -OCH3 is 2. The average Bonchev–Trinajstić information content (AvgIpc) is 3.51. The minimum absolute atomic E-state index is 0.287. The number of rotatable bonds is 10. The summed E-state index contributed by atoms with van der Waals surface area (Å²) < 4.78 is 16.5. The highest BCUT2D eigenvalue weighted by molar-refractivity contribution is 5.38. The maximum Gasteiger partial charge on any atom is 0.122 e. The van der Waals surface area contributed by atoms with Gasteiger partial charge in [-0.3, -0.25) is 4.90 Å². The molecule has 0 aromatic heterocycles. The number of benzene rings is 2. The quantitative estimate of drug-likeness (QED) is 0.694. The zero-order valence-corrected chi connectivity index (χ0v) is 16.4. The molecule has 5 heteroatoms. The van der Waals surface area contributed by atoms with Crippen molar-refractivity contribution in [3.8, 4) is 17.2 Å². The molecule has 0 aliphatic heterocycles. The summed E-state index contributed by atoms with van der Waals surface area (Å²) in [5.74, 6) is 2.39. The number of ether oxygens (including phenoxy) is 3. The molecule has 1 aliphatic rings. The largest absolute Gasteiger partial charge is 0.497 e. The number of hydrogen-bond donors (Lipinski definition) is 1. The fourth-order valence-electron chi connectivity index (χ4n) is 3.20. The number of para-hydroxylation sites is 1. The van der Waals surface area contributed by atoms with Gasteiger partial charge >= 0.3 is 0 Å². The molecule has 3 rings (SSSR count). The second-order valence-corrected chi connectivity index (χ2v) is 7.11. The molecular weight excluding hydrogens is 342 g/mol. The number of aryl methyl sites for hydroxylation is 1. The maximum atomic E-state index is 10.5. The Bertz CT molecular complexity index is 723. The van der Waals surface area contributed by atoms with E-state index in [-0.39, 0.29) is 6.61 Å². The van der Waals surface area contributed by atoms with E-state index < -0.39 is 6.10 Å². The summed E-state index contributed by atoms with van der Waals surface area (Å²) in [6.07, 6.45) is 1.80. The lowest BCUT2D eigenvalue weighted by Gasteiger charge is -2.25. The Balaban J connectivity index is 1.60. The van der Waals surface area contributed by atoms with Crippen LogP contribution >= 0.6 is 0 Å². The minimum atomic E-state index is -0.544. The van der Waals surface area contributed by atoms with Crippen LogP contribution in [-0.4, -0.2) is 49.5 Å². The number of aliphatic hydroxyl groups is 1. The molecule has 146 valence electrons. The molecule has 1 aliphatic carbocycles. The van der Waals surface area contributed by atoms with Crippen LogP contribution in [0.15, 0.2) is 42.5 Å². The van der Waals surface area contributed by atoms with E-state index in [2.05, 4.69) is 4.90 Å². The van der Waals surface area contributed by atoms with E-state index in [1.54, 1.807) is 14.2 Å². The number of nitrogens with zero attached hydrogens (tertiary/aromatic N) is 1. The van der Waals surface area contributed by atoms with Crippen molar-refractivity contribution in [1.82, 2.24) is 4.90 Å². The van der Waals surface area contributed by atoms with Crippen LogP contribution in [0.4, 0.5) is 0 Å². The third kappa shape index (κ3) is 5.62. The molecule has 27 heavy (non-hydrogen) atoms. The SMILES string of the molecule is COc1cc(CN(C[C@H](O)COc2ccccc2C)C2CC2)cc(OC)c1. The summed E-state index contributed by atoms with van der Waals surface area (Å²) in [5, 5.41) is 10.5. The Morgan fingerprint density at radius 1 is 1.07 bits per heavy atom. The topological polar surface area (TPSA) is 51.2 Å². The maximum absolute atomic E-state index is 10.5. The third-order valence-electron chi connectivity index (χ3n) is 4.83. The Hall–Kier alpha value is -2.24. The molecule has 2 aromatic rings. The van der Waals surface area contributed by atoms with Crippen molar-refractivity contribution < 1.29 is 19.3 Å². The van der Waals surface area contributed by atoms with Crippen molar-refractivity contribution in [2.24, 2.45) is 0 Å². The molecule has 1 saturated carbocycles. The van der Waals surface area contributed by atoms with E-state index in [9.17, 15) is 5.11 Å². The van der Waals surface area contributed by atoms with Crippen LogP contribution < -0.4 is 14.2 Å². The molecular formula is C22H29NO4. The van der Waals surface area contributed by atoms with Gasteiger partial charge in [0.15, 0.2) is 0 Å². The van der Waals surface area contributed by atoms with Crippen LogP contribution in [0, 0.1) is 6.92 Å². The van der Waals surface area contributed by atoms with E-state index in [4.69, 9.17) is 14.2 Å². The van der Waals surface area contributed by atoms with Gasteiger partial charge in [0, 0.05) is 25.2 Å². The van der Waals surface area contributed by atoms with Gasteiger partial charge in [0.05, 0.1) is 14.2 Å². The molecule has 5 nitrogen and oxygen atoms in total. The van der Waals surface area contributed by atoms with Crippen molar-refractivity contribution in [2.75, 3.05) is 27.4 Å². The van der Waals surface area contributed by atoms with Crippen LogP contribution in [-0.2, 0) is 6.54 Å². The van der Waals surface area contributed by atoms with Crippen molar-refractivity contribution in [3.05, 3.63) is 53.6 Å². The molecule has 0 spiro atoms. The van der Waals surface area contributed by atoms with Gasteiger partial charge in [-0.1, -0.05) is 18.2 Å². The molecule has 1 fully saturated rings. The summed E-state index contributed by atoms with van der Waals surface area (Å²) in [4.78, 5) is 2.32. The lowest BCUT2D eigenvalue weighted by Crippen LogP contribution is -2.36. The minimum Gasteiger partial charge on any atom is -0.497 e. The Morgan fingerprint density at radius 2 is 1.74 bits per heavy atom. The summed E-state index contributed by atoms with van der Waals surface area (Å²) in [5.41, 5.74) is 2.19. The van der Waals surface area contributed by atoms with Gasteiger partial charge in [-0.25, -0.2) is 0 Å². The summed E-state index contributed by atoms with van der Waals surface area (Å²) in [7, 11) is 3.31. The van der Waals surface area contributed by atoms with Gasteiger partial charge < -0.3 is 19.3 Å². The van der Waals surface area contributed by atoms with Crippen LogP contribution in [0.3, 0.4) is 0 Å². The lowest BCUT2D eigenvalue weighted by atomic mass is 10.1. The molecule has 0 heterocycles. The van der Waals surface area contributed by atoms with Crippen molar-refractivity contribution in [3.63, 3.8) is 0 Å². The van der Waals surface area contributed by atoms with E-state index >= 15 is 0 Å². The molecule has 0 radical (unpaired) electrons. The molecule has 1 N–H and O–H groups in total. The Morgan fingerprint density at radius 3 is 2.33 bits per heavy atom. The van der Waals surface area contributed by atoms with E-state index in [0.717, 1.165) is 34.9 Å². The number of hydrogen-bond acceptors (Lipinski definition) is 5. The predicted molar refractivity (Wildman–Crippen MR) is 106 cm³/mol. The highest BCUT2D eigenvalue weighted by Gasteiger charge is 2.30. The molecule has 0 amide bonds. The number of aliphatic hydroxyl groups excluding tert-OH is 1. The highest BCUT2D eigenvalue weighted by atomic mass is 16.5. The van der Waals surface area contributed by atoms with E-state index in [1.165, 1.54) is 12.8 Å². The monoisotopic (exact) mass is 371 g/mol. The van der Waals surface area contributed by atoms with Gasteiger partial charge in [-0.2, -0.15) is 0 Å². The molecule has 2 aromatic carbocycles. The average molecular weight is 371 g/mol. The second kappa shape index (κ2) is 9.11. The fraction of sp³-hybridized carbons (Fsp3) is 0.455. The van der Waals surface area contributed by atoms with Gasteiger partial charge in [-0.15, -0.1) is 0 Å². The van der Waals surface area contributed by atoms with Gasteiger partial charge in [-0.05, 0) is 49.1 Å². The van der Waals surface area contributed by atoms with Gasteiger partial charge in [0.25, 0.3) is 0 Å². The van der Waals surface area contributed by atoms with Crippen molar-refractivity contribution >= 4 is 0 Å². The highest BCUT2D eigenvalue weighted by Crippen LogP contribution is 2.30. The molecule has 1 atom stereocenters. The van der Waals surface area contributed by atoms with Crippen LogP contribution in [0.5, 0.6) is 17.2 Å². The fourth-order valence-corrected chi connectivity index (χ4v) is 3.20. The second-order valence-electron chi connectivity index (χ2n) is 7.11. The van der Waals surface area contributed by atoms with Crippen LogP contribution in [0.25, 0.3) is 0 Å². The molecule has 0 saturated heterocycles. The first kappa shape index (κ1) is 19.5. The third-order valence-corrected chi connectivity index (χ3v) is 4.83. The van der Waals surface area contributed by atoms with Gasteiger partial charge in [0.2, 0.25) is 0 Å². The summed E-state index contributed by atoms with van der Waals surface area (Å²) >= 11 is 0. The Labute approximate surface area is 161 Å². The summed E-state index contributed by atoms with van der Waals surface area (Å²) in [6, 6.07) is 14.3. The first-order valence-corrected chi connectivity index (χ1v) is 9.41. The van der Waals surface area contributed by atoms with Gasteiger partial charge in [0.1, 0.15) is 30.0 Å². The standard InChI is InChI=1S/C22H29NO4/c1-16-6-4-5-7-22(16)27-15-19(24)14-23(18-8-9-18)13-17-10-20(25-2)12-21(11-17)26-3/h4-7,10-12,18-19,24H,8-9,13-15H2,1-3H3/t19-/m0/s1. The predicted octanol–water partition coefficient (Wildman–Crippen LogP) is 3.42. The first-order valence-electron chi connectivity index (χ1n) is 9.41. The Kier molecular flexibility index (Phi) is 6.58. The first-order chi connectivity index (χ1) is 13.1. The van der Waals surface area contributed by atoms with Crippen molar-refractivity contribution in [2.45, 2.75) is 38.5 Å². The molecule has 0 unspecified atom stereocenters.